The van der Waals surface area contributed by atoms with E-state index in [0.29, 0.717) is 0 Å². The molecule has 0 aliphatic rings. The number of carboxylic acids is 1. The summed E-state index contributed by atoms with van der Waals surface area (Å²) in [6.45, 7) is 3.10. The van der Waals surface area contributed by atoms with Crippen LogP contribution in [0.2, 0.25) is 0 Å². The zero-order valence-corrected chi connectivity index (χ0v) is 4.86. The first-order chi connectivity index (χ1) is 3.27. The van der Waals surface area contributed by atoms with Crippen LogP contribution in [0.1, 0.15) is 0 Å². The maximum Gasteiger partial charge on any atom is 0.336 e. The highest BCUT2D eigenvalue weighted by Crippen LogP contribution is 1.60. The second kappa shape index (κ2) is 6.06. The highest BCUT2D eigenvalue weighted by molar-refractivity contribution is 5.85. The molecule has 0 bridgehead atoms. The average molecular weight is 133 g/mol. The van der Waals surface area contributed by atoms with Crippen molar-refractivity contribution in [2.45, 2.75) is 0 Å². The molecular formula is C5H5ClO2. The molecule has 0 aliphatic carbocycles. The molecule has 0 radical (unpaired) electrons. The number of hydrogen-bond donors (Lipinski definition) is 1. The minimum Gasteiger partial charge on any atom is -0.478 e. The Hall–Kier alpha value is -0.940. The Balaban J connectivity index is 0. The van der Waals surface area contributed by atoms with E-state index in [4.69, 9.17) is 5.11 Å². The molecule has 0 amide bonds. The zero-order chi connectivity index (χ0) is 5.70. The molecule has 44 valence electrons. The van der Waals surface area contributed by atoms with Crippen LogP contribution in [0.15, 0.2) is 24.1 Å². The van der Waals surface area contributed by atoms with E-state index >= 15 is 0 Å². The van der Waals surface area contributed by atoms with E-state index in [2.05, 4.69) is 18.0 Å². The Morgan fingerprint density at radius 3 is 2.38 bits per heavy atom. The van der Waals surface area contributed by atoms with Gasteiger partial charge in [0.05, 0.1) is 6.08 Å². The van der Waals surface area contributed by atoms with Gasteiger partial charge in [-0.25, -0.2) is 4.79 Å². The molecule has 0 aliphatic heterocycles. The Morgan fingerprint density at radius 1 is 1.75 bits per heavy atom. The molecule has 0 unspecified atom stereocenters. The normalized spacial score (nSPS) is 5.00. The summed E-state index contributed by atoms with van der Waals surface area (Å²) in [5.41, 5.74) is 4.32. The van der Waals surface area contributed by atoms with Crippen LogP contribution >= 0.6 is 12.4 Å². The van der Waals surface area contributed by atoms with Gasteiger partial charge in [-0.05, 0) is 6.58 Å². The van der Waals surface area contributed by atoms with Crippen molar-refractivity contribution in [3.63, 3.8) is 0 Å². The molecule has 0 heterocycles. The van der Waals surface area contributed by atoms with Crippen molar-refractivity contribution in [3.05, 3.63) is 24.1 Å². The van der Waals surface area contributed by atoms with Crippen LogP contribution in [0, 0.1) is 0 Å². The lowest BCUT2D eigenvalue weighted by Gasteiger charge is -1.65. The zero-order valence-electron chi connectivity index (χ0n) is 4.05. The predicted octanol–water partition coefficient (Wildman–Crippen LogP) is 0.989. The van der Waals surface area contributed by atoms with Crippen molar-refractivity contribution >= 4 is 18.4 Å². The lowest BCUT2D eigenvalue weighted by Crippen LogP contribution is -1.82. The number of carbonyl (C=O) groups is 1. The Morgan fingerprint density at radius 2 is 2.25 bits per heavy atom. The fraction of sp³-hybridized carbons (Fsp3) is 0. The number of rotatable bonds is 1. The molecule has 0 spiro atoms. The van der Waals surface area contributed by atoms with E-state index in [1.165, 1.54) is 0 Å². The second-order valence-electron chi connectivity index (χ2n) is 0.804. The van der Waals surface area contributed by atoms with Gasteiger partial charge in [-0.1, -0.05) is 11.5 Å². The molecule has 0 aromatic rings. The van der Waals surface area contributed by atoms with Crippen molar-refractivity contribution in [2.75, 3.05) is 0 Å². The van der Waals surface area contributed by atoms with Crippen LogP contribution < -0.4 is 0 Å². The van der Waals surface area contributed by atoms with Crippen LogP contribution in [-0.4, -0.2) is 11.1 Å². The molecule has 0 aromatic heterocycles. The van der Waals surface area contributed by atoms with Gasteiger partial charge in [0, 0.05) is 0 Å². The molecule has 0 rings (SSSR count). The number of halogens is 1. The van der Waals surface area contributed by atoms with Gasteiger partial charge >= 0.3 is 5.97 Å². The summed E-state index contributed by atoms with van der Waals surface area (Å²) in [5.74, 6) is -1.03. The van der Waals surface area contributed by atoms with Gasteiger partial charge in [-0.15, -0.1) is 12.4 Å². The Labute approximate surface area is 53.2 Å². The van der Waals surface area contributed by atoms with Gasteiger partial charge in [0.15, 0.2) is 0 Å². The summed E-state index contributed by atoms with van der Waals surface area (Å²) in [4.78, 5) is 9.57. The molecule has 0 saturated carbocycles. The third-order valence-electron chi connectivity index (χ3n) is 0.298. The van der Waals surface area contributed by atoms with E-state index in [9.17, 15) is 4.79 Å². The largest absolute Gasteiger partial charge is 0.478 e. The van der Waals surface area contributed by atoms with Gasteiger partial charge in [-0.2, -0.15) is 0 Å². The maximum atomic E-state index is 9.57. The minimum atomic E-state index is -1.03. The summed E-state index contributed by atoms with van der Waals surface area (Å²) in [6.07, 6.45) is 0.840. The number of carboxylic acid groups (broad SMARTS) is 1. The molecule has 1 N–H and O–H groups in total. The van der Waals surface area contributed by atoms with Crippen LogP contribution in [0.3, 0.4) is 0 Å². The van der Waals surface area contributed by atoms with E-state index < -0.39 is 5.97 Å². The maximum absolute atomic E-state index is 9.57. The molecule has 0 atom stereocenters. The van der Waals surface area contributed by atoms with Gasteiger partial charge in [0.2, 0.25) is 0 Å². The smallest absolute Gasteiger partial charge is 0.336 e. The van der Waals surface area contributed by atoms with Crippen molar-refractivity contribution in [1.29, 1.82) is 0 Å². The van der Waals surface area contributed by atoms with Crippen molar-refractivity contribution < 1.29 is 9.90 Å². The van der Waals surface area contributed by atoms with E-state index in [0.717, 1.165) is 6.08 Å². The fourth-order valence-electron chi connectivity index (χ4n) is 0.113. The lowest BCUT2D eigenvalue weighted by atomic mass is 10.6. The summed E-state index contributed by atoms with van der Waals surface area (Å²) >= 11 is 0. The Kier molecular flexibility index (Phi) is 7.67. The molecule has 0 saturated heterocycles. The van der Waals surface area contributed by atoms with Crippen LogP contribution in [0.25, 0.3) is 0 Å². The molecule has 3 heteroatoms. The van der Waals surface area contributed by atoms with Gasteiger partial charge in [-0.3, -0.25) is 0 Å². The summed E-state index contributed by atoms with van der Waals surface area (Å²) < 4.78 is 0. The molecule has 2 nitrogen and oxygen atoms in total. The topological polar surface area (TPSA) is 37.3 Å². The summed E-state index contributed by atoms with van der Waals surface area (Å²) in [7, 11) is 0. The SMILES string of the molecule is C=C=C=CC(=O)O.Cl. The second-order valence-corrected chi connectivity index (χ2v) is 0.804. The van der Waals surface area contributed by atoms with Crippen molar-refractivity contribution in [3.8, 4) is 0 Å². The first kappa shape index (κ1) is 10.1. The number of aliphatic carboxylic acids is 1. The van der Waals surface area contributed by atoms with Crippen LogP contribution in [-0.2, 0) is 4.79 Å². The van der Waals surface area contributed by atoms with Crippen LogP contribution in [0.4, 0.5) is 0 Å². The molecule has 8 heavy (non-hydrogen) atoms. The highest BCUT2D eigenvalue weighted by Gasteiger charge is 1.77. The lowest BCUT2D eigenvalue weighted by molar-refractivity contribution is -0.131. The Bertz CT molecular complexity index is 150. The predicted molar refractivity (Wildman–Crippen MR) is 32.1 cm³/mol. The third kappa shape index (κ3) is 8.91. The third-order valence-corrected chi connectivity index (χ3v) is 0.298. The van der Waals surface area contributed by atoms with Gasteiger partial charge < -0.3 is 5.11 Å². The van der Waals surface area contributed by atoms with Crippen LogP contribution in [0.5, 0.6) is 0 Å². The number of hydrogen-bond acceptors (Lipinski definition) is 1. The highest BCUT2D eigenvalue weighted by atomic mass is 35.5. The van der Waals surface area contributed by atoms with Crippen molar-refractivity contribution in [1.82, 2.24) is 0 Å². The molecule has 0 fully saturated rings. The first-order valence-electron chi connectivity index (χ1n) is 1.61. The fourth-order valence-corrected chi connectivity index (χ4v) is 0.113. The van der Waals surface area contributed by atoms with E-state index in [-0.39, 0.29) is 12.4 Å². The quantitative estimate of drug-likeness (QED) is 0.427. The first-order valence-corrected chi connectivity index (χ1v) is 1.61. The van der Waals surface area contributed by atoms with Gasteiger partial charge in [0.1, 0.15) is 0 Å². The monoisotopic (exact) mass is 132 g/mol. The van der Waals surface area contributed by atoms with E-state index in [1.807, 2.05) is 0 Å². The van der Waals surface area contributed by atoms with Crippen molar-refractivity contribution in [2.24, 2.45) is 0 Å². The van der Waals surface area contributed by atoms with E-state index in [1.54, 1.807) is 0 Å². The summed E-state index contributed by atoms with van der Waals surface area (Å²) in [5, 5.41) is 7.86. The molecule has 0 aromatic carbocycles. The summed E-state index contributed by atoms with van der Waals surface area (Å²) in [6, 6.07) is 0. The van der Waals surface area contributed by atoms with Gasteiger partial charge in [0.25, 0.3) is 0 Å². The minimum absolute atomic E-state index is 0. The molecular weight excluding hydrogens is 128 g/mol. The average Bonchev–Trinajstić information content (AvgIpc) is 1.61. The standard InChI is InChI=1S/C5H4O2.ClH/c1-2-3-4-5(6)7;/h4H,1H2,(H,6,7);1H.